The van der Waals surface area contributed by atoms with Crippen LogP contribution in [-0.4, -0.2) is 26.0 Å². The molecule has 1 aliphatic carbocycles. The number of fused-ring (bicyclic) bond motifs is 1. The Balaban J connectivity index is 1.55. The number of aryl methyl sites for hydroxylation is 1. The zero-order valence-electron chi connectivity index (χ0n) is 16.2. The number of nitrogens with one attached hydrogen (secondary N) is 2. The second-order valence-corrected chi connectivity index (χ2v) is 7.93. The number of carbonyl (C=O) groups excluding carboxylic acids is 2. The summed E-state index contributed by atoms with van der Waals surface area (Å²) in [6.45, 7) is 2.23. The number of carbonyl (C=O) groups is 2. The van der Waals surface area contributed by atoms with Crippen molar-refractivity contribution in [3.05, 3.63) is 51.2 Å². The summed E-state index contributed by atoms with van der Waals surface area (Å²) in [4.78, 5) is 26.2. The Morgan fingerprint density at radius 1 is 1.14 bits per heavy atom. The number of ether oxygens (including phenoxy) is 2. The van der Waals surface area contributed by atoms with Crippen LogP contribution >= 0.6 is 11.3 Å². The van der Waals surface area contributed by atoms with E-state index in [-0.39, 0.29) is 5.91 Å². The van der Waals surface area contributed by atoms with Crippen LogP contribution < -0.4 is 20.3 Å². The molecule has 0 bridgehead atoms. The van der Waals surface area contributed by atoms with Gasteiger partial charge in [0.25, 0.3) is 11.8 Å². The molecule has 0 spiro atoms. The van der Waals surface area contributed by atoms with Crippen molar-refractivity contribution in [1.82, 2.24) is 10.9 Å². The van der Waals surface area contributed by atoms with Crippen LogP contribution in [0, 0.1) is 5.92 Å². The Labute approximate surface area is 168 Å². The van der Waals surface area contributed by atoms with Crippen molar-refractivity contribution in [3.8, 4) is 11.5 Å². The molecule has 0 aliphatic heterocycles. The number of methoxy groups -OCH3 is 2. The molecule has 1 aromatic carbocycles. The van der Waals surface area contributed by atoms with E-state index in [1.807, 2.05) is 6.07 Å². The van der Waals surface area contributed by atoms with Crippen LogP contribution in [0.3, 0.4) is 0 Å². The molecule has 0 saturated heterocycles. The van der Waals surface area contributed by atoms with Gasteiger partial charge >= 0.3 is 0 Å². The molecule has 2 N–H and O–H groups in total. The fourth-order valence-corrected chi connectivity index (χ4v) is 4.27. The zero-order chi connectivity index (χ0) is 20.1. The lowest BCUT2D eigenvalue weighted by Crippen LogP contribution is -2.40. The molecule has 1 aliphatic rings. The van der Waals surface area contributed by atoms with Gasteiger partial charge in [0, 0.05) is 11.0 Å². The maximum Gasteiger partial charge on any atom is 0.279 e. The lowest BCUT2D eigenvalue weighted by atomic mass is 9.90. The van der Waals surface area contributed by atoms with E-state index < -0.39 is 5.91 Å². The van der Waals surface area contributed by atoms with Crippen molar-refractivity contribution >= 4 is 29.2 Å². The van der Waals surface area contributed by atoms with Gasteiger partial charge in [-0.15, -0.1) is 11.3 Å². The Hall–Kier alpha value is -2.80. The molecule has 6 nitrogen and oxygen atoms in total. The molecule has 1 heterocycles. The summed E-state index contributed by atoms with van der Waals surface area (Å²) in [5.74, 6) is 1.14. The van der Waals surface area contributed by atoms with E-state index in [0.717, 1.165) is 24.8 Å². The molecular weight excluding hydrogens is 376 g/mol. The summed E-state index contributed by atoms with van der Waals surface area (Å²) in [7, 11) is 3.12. The van der Waals surface area contributed by atoms with Gasteiger partial charge in [-0.3, -0.25) is 20.4 Å². The minimum absolute atomic E-state index is 0.292. The van der Waals surface area contributed by atoms with Crippen LogP contribution in [0.5, 0.6) is 11.5 Å². The fraction of sp³-hybridized carbons (Fsp3) is 0.333. The molecule has 148 valence electrons. The van der Waals surface area contributed by atoms with Gasteiger partial charge in [0.1, 0.15) is 0 Å². The summed E-state index contributed by atoms with van der Waals surface area (Å²) >= 11 is 1.51. The van der Waals surface area contributed by atoms with E-state index in [4.69, 9.17) is 9.47 Å². The predicted molar refractivity (Wildman–Crippen MR) is 110 cm³/mol. The van der Waals surface area contributed by atoms with Crippen LogP contribution in [0.1, 0.15) is 39.0 Å². The summed E-state index contributed by atoms with van der Waals surface area (Å²) < 4.78 is 10.4. The molecule has 3 rings (SSSR count). The summed E-state index contributed by atoms with van der Waals surface area (Å²) in [5.41, 5.74) is 6.92. The second kappa shape index (κ2) is 8.93. The van der Waals surface area contributed by atoms with Gasteiger partial charge in [-0.2, -0.15) is 0 Å². The number of amides is 2. The van der Waals surface area contributed by atoms with Gasteiger partial charge in [0.2, 0.25) is 0 Å². The van der Waals surface area contributed by atoms with Crippen LogP contribution in [0.4, 0.5) is 0 Å². The van der Waals surface area contributed by atoms with Gasteiger partial charge in [-0.1, -0.05) is 13.0 Å². The Bertz CT molecular complexity index is 904. The molecule has 28 heavy (non-hydrogen) atoms. The SMILES string of the molecule is COc1ccc(/C=C/C(=O)NNC(=O)c2cc3c(s2)CC[C@H](C)C3)cc1OC. The molecule has 2 amide bonds. The summed E-state index contributed by atoms with van der Waals surface area (Å²) in [6, 6.07) is 7.27. The van der Waals surface area contributed by atoms with Crippen molar-refractivity contribution in [2.45, 2.75) is 26.2 Å². The highest BCUT2D eigenvalue weighted by Crippen LogP contribution is 2.32. The first-order valence-corrected chi connectivity index (χ1v) is 9.93. The predicted octanol–water partition coefficient (Wildman–Crippen LogP) is 3.36. The van der Waals surface area contributed by atoms with Crippen molar-refractivity contribution in [2.75, 3.05) is 14.2 Å². The first kappa shape index (κ1) is 19.9. The average Bonchev–Trinajstić information content (AvgIpc) is 3.13. The van der Waals surface area contributed by atoms with E-state index in [0.29, 0.717) is 22.3 Å². The molecule has 2 aromatic rings. The minimum atomic E-state index is -0.418. The molecule has 0 radical (unpaired) electrons. The zero-order valence-corrected chi connectivity index (χ0v) is 17.0. The summed E-state index contributed by atoms with van der Waals surface area (Å²) in [5, 5.41) is 0. The number of benzene rings is 1. The molecule has 7 heteroatoms. The maximum atomic E-state index is 12.3. The smallest absolute Gasteiger partial charge is 0.279 e. The fourth-order valence-electron chi connectivity index (χ4n) is 3.17. The third-order valence-corrected chi connectivity index (χ3v) is 5.92. The first-order valence-electron chi connectivity index (χ1n) is 9.12. The highest BCUT2D eigenvalue weighted by molar-refractivity contribution is 7.14. The normalized spacial score (nSPS) is 15.8. The monoisotopic (exact) mass is 400 g/mol. The van der Waals surface area contributed by atoms with Crippen LogP contribution in [0.25, 0.3) is 6.08 Å². The third kappa shape index (κ3) is 4.72. The largest absolute Gasteiger partial charge is 0.493 e. The van der Waals surface area contributed by atoms with Crippen molar-refractivity contribution in [1.29, 1.82) is 0 Å². The molecule has 0 saturated carbocycles. The highest BCUT2D eigenvalue weighted by Gasteiger charge is 2.20. The number of hydrogen-bond donors (Lipinski definition) is 2. The summed E-state index contributed by atoms with van der Waals surface area (Å²) in [6.07, 6.45) is 6.18. The van der Waals surface area contributed by atoms with Crippen molar-refractivity contribution in [2.24, 2.45) is 5.92 Å². The van der Waals surface area contributed by atoms with E-state index in [1.165, 1.54) is 27.9 Å². The standard InChI is InChI=1S/C21H24N2O4S/c1-13-4-8-18-15(10-13)12-19(28-18)21(25)23-22-20(24)9-6-14-5-7-16(26-2)17(11-14)27-3/h5-7,9,11-13H,4,8,10H2,1-3H3,(H,22,24)(H,23,25)/b9-6+/t13-/m0/s1. The van der Waals surface area contributed by atoms with Crippen LogP contribution in [-0.2, 0) is 17.6 Å². The Kier molecular flexibility index (Phi) is 6.36. The molecular formula is C21H24N2O4S. The highest BCUT2D eigenvalue weighted by atomic mass is 32.1. The Morgan fingerprint density at radius 3 is 2.68 bits per heavy atom. The molecule has 0 unspecified atom stereocenters. The van der Waals surface area contributed by atoms with E-state index >= 15 is 0 Å². The quantitative estimate of drug-likeness (QED) is 0.596. The number of rotatable bonds is 5. The lowest BCUT2D eigenvalue weighted by Gasteiger charge is -2.16. The van der Waals surface area contributed by atoms with Gasteiger partial charge < -0.3 is 9.47 Å². The number of thiophene rings is 1. The average molecular weight is 401 g/mol. The lowest BCUT2D eigenvalue weighted by molar-refractivity contribution is -0.117. The second-order valence-electron chi connectivity index (χ2n) is 6.80. The number of hydrogen-bond acceptors (Lipinski definition) is 5. The Morgan fingerprint density at radius 2 is 1.93 bits per heavy atom. The van der Waals surface area contributed by atoms with E-state index in [2.05, 4.69) is 17.8 Å². The molecule has 1 atom stereocenters. The molecule has 0 fully saturated rings. The van der Waals surface area contributed by atoms with Gasteiger partial charge in [0.15, 0.2) is 11.5 Å². The van der Waals surface area contributed by atoms with E-state index in [1.54, 1.807) is 38.5 Å². The topological polar surface area (TPSA) is 76.7 Å². The van der Waals surface area contributed by atoms with Gasteiger partial charge in [-0.25, -0.2) is 0 Å². The van der Waals surface area contributed by atoms with Crippen molar-refractivity contribution in [3.63, 3.8) is 0 Å². The minimum Gasteiger partial charge on any atom is -0.493 e. The van der Waals surface area contributed by atoms with Gasteiger partial charge in [-0.05, 0) is 60.6 Å². The first-order chi connectivity index (χ1) is 13.5. The van der Waals surface area contributed by atoms with Crippen LogP contribution in [0.15, 0.2) is 30.3 Å². The number of hydrazine groups is 1. The third-order valence-electron chi connectivity index (χ3n) is 4.69. The molecule has 1 aromatic heterocycles. The van der Waals surface area contributed by atoms with Crippen LogP contribution in [0.2, 0.25) is 0 Å². The van der Waals surface area contributed by atoms with Gasteiger partial charge in [0.05, 0.1) is 19.1 Å². The van der Waals surface area contributed by atoms with Crippen molar-refractivity contribution < 1.29 is 19.1 Å². The maximum absolute atomic E-state index is 12.3. The van der Waals surface area contributed by atoms with E-state index in [9.17, 15) is 9.59 Å².